The molecule has 78 valence electrons. The molecule has 6 heteroatoms. The van der Waals surface area contributed by atoms with Crippen molar-refractivity contribution in [2.24, 2.45) is 0 Å². The number of aromatic nitrogens is 2. The van der Waals surface area contributed by atoms with Crippen LogP contribution < -0.4 is 0 Å². The SMILES string of the molecule is O=CC#Cc1cnc2[nH]cc([N+](=O)[O-])c2c1. The van der Waals surface area contributed by atoms with E-state index in [2.05, 4.69) is 21.8 Å². The molecule has 0 spiro atoms. The average molecular weight is 215 g/mol. The summed E-state index contributed by atoms with van der Waals surface area (Å²) in [5.41, 5.74) is 0.822. The highest BCUT2D eigenvalue weighted by Crippen LogP contribution is 2.23. The van der Waals surface area contributed by atoms with E-state index in [4.69, 9.17) is 0 Å². The molecule has 0 unspecified atom stereocenters. The summed E-state index contributed by atoms with van der Waals surface area (Å²) in [5.74, 6) is 4.74. The van der Waals surface area contributed by atoms with E-state index in [0.29, 0.717) is 22.9 Å². The maximum absolute atomic E-state index is 10.7. The molecule has 0 saturated heterocycles. The number of carbonyl (C=O) groups is 1. The van der Waals surface area contributed by atoms with E-state index < -0.39 is 4.92 Å². The van der Waals surface area contributed by atoms with Gasteiger partial charge in [-0.25, -0.2) is 4.98 Å². The van der Waals surface area contributed by atoms with Gasteiger partial charge in [0.15, 0.2) is 6.29 Å². The highest BCUT2D eigenvalue weighted by Gasteiger charge is 2.14. The van der Waals surface area contributed by atoms with E-state index in [1.807, 2.05) is 0 Å². The summed E-state index contributed by atoms with van der Waals surface area (Å²) in [7, 11) is 0. The minimum absolute atomic E-state index is 0.0581. The van der Waals surface area contributed by atoms with Crippen molar-refractivity contribution < 1.29 is 9.72 Å². The normalized spacial score (nSPS) is 9.50. The Labute approximate surface area is 89.5 Å². The number of aromatic amines is 1. The first-order valence-electron chi connectivity index (χ1n) is 4.29. The van der Waals surface area contributed by atoms with Gasteiger partial charge in [-0.05, 0) is 12.0 Å². The maximum Gasteiger partial charge on any atom is 0.296 e. The second-order valence-electron chi connectivity index (χ2n) is 2.94. The van der Waals surface area contributed by atoms with E-state index in [9.17, 15) is 14.9 Å². The number of aldehydes is 1. The van der Waals surface area contributed by atoms with Crippen LogP contribution in [0.5, 0.6) is 0 Å². The van der Waals surface area contributed by atoms with Gasteiger partial charge in [-0.15, -0.1) is 0 Å². The molecule has 0 fully saturated rings. The maximum atomic E-state index is 10.7. The average Bonchev–Trinajstić information content (AvgIpc) is 2.69. The second-order valence-corrected chi connectivity index (χ2v) is 2.94. The standard InChI is InChI=1S/C10H5N3O3/c14-3-1-2-7-4-8-9(13(15)16)6-12-10(8)11-5-7/h3-6H,(H,11,12). The number of hydrogen-bond donors (Lipinski definition) is 1. The van der Waals surface area contributed by atoms with Crippen LogP contribution in [-0.2, 0) is 4.79 Å². The van der Waals surface area contributed by atoms with Gasteiger partial charge >= 0.3 is 0 Å². The largest absolute Gasteiger partial charge is 0.340 e. The minimum atomic E-state index is -0.503. The van der Waals surface area contributed by atoms with Gasteiger partial charge in [0, 0.05) is 11.8 Å². The lowest BCUT2D eigenvalue weighted by Crippen LogP contribution is -1.86. The number of nitrogens with zero attached hydrogens (tertiary/aromatic N) is 2. The van der Waals surface area contributed by atoms with Crippen LogP contribution in [0, 0.1) is 22.0 Å². The Morgan fingerprint density at radius 3 is 3.06 bits per heavy atom. The highest BCUT2D eigenvalue weighted by molar-refractivity contribution is 5.87. The Morgan fingerprint density at radius 1 is 1.56 bits per heavy atom. The van der Waals surface area contributed by atoms with Crippen LogP contribution in [0.1, 0.15) is 5.56 Å². The van der Waals surface area contributed by atoms with Crippen LogP contribution in [0.4, 0.5) is 5.69 Å². The highest BCUT2D eigenvalue weighted by atomic mass is 16.6. The number of nitrogens with one attached hydrogen (secondary N) is 1. The lowest BCUT2D eigenvalue weighted by atomic mass is 10.2. The number of H-pyrrole nitrogens is 1. The Morgan fingerprint density at radius 2 is 2.38 bits per heavy atom. The molecule has 1 N–H and O–H groups in total. The van der Waals surface area contributed by atoms with Crippen molar-refractivity contribution >= 4 is 23.0 Å². The quantitative estimate of drug-likeness (QED) is 0.333. The van der Waals surface area contributed by atoms with Gasteiger partial charge in [-0.3, -0.25) is 14.9 Å². The van der Waals surface area contributed by atoms with Crippen LogP contribution in [0.15, 0.2) is 18.5 Å². The van der Waals surface area contributed by atoms with Gasteiger partial charge in [0.05, 0.1) is 16.5 Å². The molecule has 6 nitrogen and oxygen atoms in total. The topological polar surface area (TPSA) is 88.9 Å². The molecule has 0 aliphatic rings. The van der Waals surface area contributed by atoms with Crippen molar-refractivity contribution in [3.63, 3.8) is 0 Å². The number of pyridine rings is 1. The van der Waals surface area contributed by atoms with Gasteiger partial charge in [-0.2, -0.15) is 0 Å². The molecule has 0 aromatic carbocycles. The second kappa shape index (κ2) is 3.82. The number of nitro groups is 1. The van der Waals surface area contributed by atoms with Crippen LogP contribution in [-0.4, -0.2) is 21.2 Å². The fourth-order valence-electron chi connectivity index (χ4n) is 1.32. The van der Waals surface area contributed by atoms with Crippen molar-refractivity contribution in [3.05, 3.63) is 34.1 Å². The Bertz CT molecular complexity index is 634. The molecule has 0 atom stereocenters. The molecular weight excluding hydrogens is 210 g/mol. The molecular formula is C10H5N3O3. The summed E-state index contributed by atoms with van der Waals surface area (Å²) in [6.45, 7) is 0. The van der Waals surface area contributed by atoms with Crippen molar-refractivity contribution in [1.29, 1.82) is 0 Å². The van der Waals surface area contributed by atoms with Crippen LogP contribution >= 0.6 is 0 Å². The van der Waals surface area contributed by atoms with E-state index >= 15 is 0 Å². The van der Waals surface area contributed by atoms with E-state index in [1.165, 1.54) is 18.5 Å². The van der Waals surface area contributed by atoms with Gasteiger partial charge in [0.1, 0.15) is 5.65 Å². The molecule has 16 heavy (non-hydrogen) atoms. The Balaban J connectivity index is 2.62. The summed E-state index contributed by atoms with van der Waals surface area (Å²) < 4.78 is 0. The molecule has 2 aromatic rings. The van der Waals surface area contributed by atoms with Gasteiger partial charge in [0.25, 0.3) is 5.69 Å². The number of fused-ring (bicyclic) bond motifs is 1. The molecule has 2 heterocycles. The van der Waals surface area contributed by atoms with Gasteiger partial charge in [-0.1, -0.05) is 5.92 Å². The van der Waals surface area contributed by atoms with Crippen molar-refractivity contribution in [1.82, 2.24) is 9.97 Å². The van der Waals surface area contributed by atoms with Gasteiger partial charge in [0.2, 0.25) is 0 Å². The zero-order chi connectivity index (χ0) is 11.5. The molecule has 2 rings (SSSR count). The summed E-state index contributed by atoms with van der Waals surface area (Å²) >= 11 is 0. The predicted octanol–water partition coefficient (Wildman–Crippen LogP) is 1.02. The van der Waals surface area contributed by atoms with Crippen molar-refractivity contribution in [3.8, 4) is 11.8 Å². The summed E-state index contributed by atoms with van der Waals surface area (Å²) in [4.78, 5) is 26.9. The van der Waals surface area contributed by atoms with E-state index in [-0.39, 0.29) is 5.69 Å². The fraction of sp³-hybridized carbons (Fsp3) is 0. The zero-order valence-corrected chi connectivity index (χ0v) is 7.93. The first-order chi connectivity index (χ1) is 7.72. The van der Waals surface area contributed by atoms with Gasteiger partial charge < -0.3 is 4.98 Å². The summed E-state index contributed by atoms with van der Waals surface area (Å²) in [5, 5.41) is 11.0. The number of hydrogen-bond acceptors (Lipinski definition) is 4. The fourth-order valence-corrected chi connectivity index (χ4v) is 1.32. The third-order valence-electron chi connectivity index (χ3n) is 1.98. The monoisotopic (exact) mass is 215 g/mol. The molecule has 0 saturated carbocycles. The van der Waals surface area contributed by atoms with Crippen LogP contribution in [0.2, 0.25) is 0 Å². The van der Waals surface area contributed by atoms with E-state index in [0.717, 1.165) is 0 Å². The predicted molar refractivity (Wildman–Crippen MR) is 55.7 cm³/mol. The summed E-state index contributed by atoms with van der Waals surface area (Å²) in [6.07, 6.45) is 3.17. The molecule has 2 aromatic heterocycles. The number of rotatable bonds is 1. The smallest absolute Gasteiger partial charge is 0.296 e. The third kappa shape index (κ3) is 1.62. The van der Waals surface area contributed by atoms with E-state index in [1.54, 1.807) is 0 Å². The third-order valence-corrected chi connectivity index (χ3v) is 1.98. The Hall–Kier alpha value is -2.68. The van der Waals surface area contributed by atoms with Crippen molar-refractivity contribution in [2.45, 2.75) is 0 Å². The molecule has 0 bridgehead atoms. The molecule has 0 aliphatic heterocycles. The molecule has 0 amide bonds. The zero-order valence-electron chi connectivity index (χ0n) is 7.93. The summed E-state index contributed by atoms with van der Waals surface area (Å²) in [6, 6.07) is 1.52. The van der Waals surface area contributed by atoms with Crippen molar-refractivity contribution in [2.75, 3.05) is 0 Å². The Kier molecular flexibility index (Phi) is 2.36. The van der Waals surface area contributed by atoms with Crippen LogP contribution in [0.25, 0.3) is 11.0 Å². The molecule has 0 aliphatic carbocycles. The van der Waals surface area contributed by atoms with Crippen LogP contribution in [0.3, 0.4) is 0 Å². The lowest BCUT2D eigenvalue weighted by molar-refractivity contribution is -0.383. The number of carbonyl (C=O) groups excluding carboxylic acids is 1. The minimum Gasteiger partial charge on any atom is -0.340 e. The molecule has 0 radical (unpaired) electrons. The first-order valence-corrected chi connectivity index (χ1v) is 4.29. The lowest BCUT2D eigenvalue weighted by Gasteiger charge is -1.91. The first kappa shape index (κ1) is 9.86.